The van der Waals surface area contributed by atoms with Crippen LogP contribution in [0.1, 0.15) is 13.8 Å². The van der Waals surface area contributed by atoms with Crippen molar-refractivity contribution < 1.29 is 17.5 Å². The monoisotopic (exact) mass is 168 g/mol. The summed E-state index contributed by atoms with van der Waals surface area (Å²) in [5.41, 5.74) is -1.46. The Hall–Kier alpha value is -0.390. The zero-order chi connectivity index (χ0) is 8.41. The van der Waals surface area contributed by atoms with Gasteiger partial charge in [0.15, 0.2) is 0 Å². The van der Waals surface area contributed by atoms with Gasteiger partial charge in [0.1, 0.15) is 5.60 Å². The maximum atomic E-state index is 11.6. The zero-order valence-electron chi connectivity index (χ0n) is 5.60. The van der Waals surface area contributed by atoms with E-state index in [4.69, 9.17) is 6.42 Å². The van der Waals surface area contributed by atoms with Gasteiger partial charge in [0.2, 0.25) is 0 Å². The lowest BCUT2D eigenvalue weighted by Crippen LogP contribution is -2.18. The molecule has 0 aliphatic heterocycles. The van der Waals surface area contributed by atoms with Gasteiger partial charge in [-0.15, -0.1) is 14.8 Å². The quantitative estimate of drug-likeness (QED) is 0.467. The predicted molar refractivity (Wildman–Crippen MR) is 33.8 cm³/mol. The molecule has 0 unspecified atom stereocenters. The molecule has 0 fully saturated rings. The summed E-state index contributed by atoms with van der Waals surface area (Å²) < 4.78 is 36.8. The van der Waals surface area contributed by atoms with Crippen LogP contribution in [0.15, 0.2) is 0 Å². The van der Waals surface area contributed by atoms with E-state index in [2.05, 4.69) is 4.52 Å². The highest BCUT2D eigenvalue weighted by atomic mass is 31.2. The van der Waals surface area contributed by atoms with E-state index in [1.165, 1.54) is 13.8 Å². The van der Waals surface area contributed by atoms with Crippen LogP contribution in [0.2, 0.25) is 0 Å². The van der Waals surface area contributed by atoms with Gasteiger partial charge in [-0.25, -0.2) is 4.57 Å². The second kappa shape index (κ2) is 2.69. The Morgan fingerprint density at radius 2 is 2.00 bits per heavy atom. The van der Waals surface area contributed by atoms with Crippen LogP contribution in [0.25, 0.3) is 0 Å². The Morgan fingerprint density at radius 3 is 2.10 bits per heavy atom. The SMILES string of the molecule is C#CC(C)(C)OP(=O)(F)F. The molecule has 0 saturated heterocycles. The van der Waals surface area contributed by atoms with Gasteiger partial charge in [-0.1, -0.05) is 5.92 Å². The second-order valence-corrected chi connectivity index (χ2v) is 3.17. The summed E-state index contributed by atoms with van der Waals surface area (Å²) in [4.78, 5) is 0. The van der Waals surface area contributed by atoms with Gasteiger partial charge in [0.25, 0.3) is 0 Å². The summed E-state index contributed by atoms with van der Waals surface area (Å²) in [6.07, 6.45) is 4.78. The minimum Gasteiger partial charge on any atom is -0.261 e. The van der Waals surface area contributed by atoms with E-state index < -0.39 is 13.6 Å². The first kappa shape index (κ1) is 9.61. The van der Waals surface area contributed by atoms with E-state index in [0.29, 0.717) is 0 Å². The van der Waals surface area contributed by atoms with Crippen molar-refractivity contribution in [1.29, 1.82) is 0 Å². The minimum absolute atomic E-state index is 1.23. The van der Waals surface area contributed by atoms with Crippen molar-refractivity contribution in [3.8, 4) is 12.3 Å². The Labute approximate surface area is 58.3 Å². The number of rotatable bonds is 2. The molecule has 0 aliphatic rings. The van der Waals surface area contributed by atoms with Crippen LogP contribution >= 0.6 is 7.99 Å². The van der Waals surface area contributed by atoms with Crippen molar-refractivity contribution in [3.63, 3.8) is 0 Å². The van der Waals surface area contributed by atoms with E-state index in [0.717, 1.165) is 0 Å². The van der Waals surface area contributed by atoms with Crippen molar-refractivity contribution in [2.24, 2.45) is 0 Å². The van der Waals surface area contributed by atoms with Crippen LogP contribution in [0.3, 0.4) is 0 Å². The lowest BCUT2D eigenvalue weighted by molar-refractivity contribution is 0.143. The second-order valence-electron chi connectivity index (χ2n) is 2.16. The van der Waals surface area contributed by atoms with E-state index in [-0.39, 0.29) is 0 Å². The van der Waals surface area contributed by atoms with Gasteiger partial charge in [-0.3, -0.25) is 4.52 Å². The molecular formula is C5H7F2O2P. The molecule has 0 rings (SSSR count). The van der Waals surface area contributed by atoms with Crippen LogP contribution in [0, 0.1) is 12.3 Å². The predicted octanol–water partition coefficient (Wildman–Crippen LogP) is 2.46. The average Bonchev–Trinajstić information content (AvgIpc) is 1.60. The fourth-order valence-electron chi connectivity index (χ4n) is 0.292. The molecule has 5 heteroatoms. The Bertz CT molecular complexity index is 200. The van der Waals surface area contributed by atoms with Gasteiger partial charge in [0.05, 0.1) is 0 Å². The van der Waals surface area contributed by atoms with Gasteiger partial charge < -0.3 is 0 Å². The summed E-state index contributed by atoms with van der Waals surface area (Å²) in [5.74, 6) is 1.92. The summed E-state index contributed by atoms with van der Waals surface area (Å²) >= 11 is 0. The highest BCUT2D eigenvalue weighted by Gasteiger charge is 2.30. The first-order chi connectivity index (χ1) is 4.27. The van der Waals surface area contributed by atoms with Crippen molar-refractivity contribution in [1.82, 2.24) is 0 Å². The summed E-state index contributed by atoms with van der Waals surface area (Å²) in [6.45, 7) is 2.47. The largest absolute Gasteiger partial charge is 0.553 e. The van der Waals surface area contributed by atoms with E-state index in [9.17, 15) is 13.0 Å². The smallest absolute Gasteiger partial charge is 0.261 e. The number of hydrogen-bond acceptors (Lipinski definition) is 2. The third-order valence-electron chi connectivity index (χ3n) is 0.682. The molecule has 0 amide bonds. The highest BCUT2D eigenvalue weighted by molar-refractivity contribution is 7.47. The number of halogens is 2. The molecule has 58 valence electrons. The lowest BCUT2D eigenvalue weighted by atomic mass is 10.2. The molecular weight excluding hydrogens is 161 g/mol. The Balaban J connectivity index is 4.20. The molecule has 0 heterocycles. The van der Waals surface area contributed by atoms with E-state index >= 15 is 0 Å². The molecule has 10 heavy (non-hydrogen) atoms. The standard InChI is InChI=1S/C5H7F2O2P/c1-4-5(2,3)9-10(6,7)8/h1H,2-3H3. The topological polar surface area (TPSA) is 26.3 Å². The number of hydrogen-bond donors (Lipinski definition) is 0. The van der Waals surface area contributed by atoms with Crippen LogP contribution in [-0.4, -0.2) is 5.60 Å². The number of terminal acetylenes is 1. The zero-order valence-corrected chi connectivity index (χ0v) is 6.49. The van der Waals surface area contributed by atoms with Crippen molar-refractivity contribution in [2.75, 3.05) is 0 Å². The molecule has 0 bridgehead atoms. The molecule has 0 aromatic carbocycles. The fraction of sp³-hybridized carbons (Fsp3) is 0.600. The van der Waals surface area contributed by atoms with Crippen molar-refractivity contribution in [3.05, 3.63) is 0 Å². The van der Waals surface area contributed by atoms with Crippen LogP contribution in [0.5, 0.6) is 0 Å². The molecule has 0 radical (unpaired) electrons. The highest BCUT2D eigenvalue weighted by Crippen LogP contribution is 2.53. The summed E-state index contributed by atoms with van der Waals surface area (Å²) in [6, 6.07) is 0. The van der Waals surface area contributed by atoms with Crippen LogP contribution < -0.4 is 0 Å². The van der Waals surface area contributed by atoms with Crippen LogP contribution in [-0.2, 0) is 9.09 Å². The molecule has 0 atom stereocenters. The van der Waals surface area contributed by atoms with E-state index in [1.807, 2.05) is 5.92 Å². The third kappa shape index (κ3) is 4.49. The maximum Gasteiger partial charge on any atom is 0.553 e. The van der Waals surface area contributed by atoms with Gasteiger partial charge in [-0.2, -0.15) is 0 Å². The average molecular weight is 168 g/mol. The van der Waals surface area contributed by atoms with Crippen molar-refractivity contribution in [2.45, 2.75) is 19.4 Å². The molecule has 0 aromatic heterocycles. The van der Waals surface area contributed by atoms with Crippen molar-refractivity contribution >= 4 is 7.99 Å². The first-order valence-electron chi connectivity index (χ1n) is 2.45. The molecule has 0 N–H and O–H groups in total. The molecule has 2 nitrogen and oxygen atoms in total. The minimum atomic E-state index is -5.45. The summed E-state index contributed by atoms with van der Waals surface area (Å²) in [7, 11) is -5.45. The third-order valence-corrected chi connectivity index (χ3v) is 1.35. The fourth-order valence-corrected chi connectivity index (χ4v) is 0.876. The van der Waals surface area contributed by atoms with E-state index in [1.54, 1.807) is 0 Å². The summed E-state index contributed by atoms with van der Waals surface area (Å²) in [5, 5.41) is 0. The lowest BCUT2D eigenvalue weighted by Gasteiger charge is -2.15. The molecule has 0 aromatic rings. The normalized spacial score (nSPS) is 12.7. The maximum absolute atomic E-state index is 11.6. The first-order valence-corrected chi connectivity index (χ1v) is 3.85. The van der Waals surface area contributed by atoms with Gasteiger partial charge in [0, 0.05) is 0 Å². The molecule has 0 spiro atoms. The van der Waals surface area contributed by atoms with Gasteiger partial charge in [-0.05, 0) is 13.8 Å². The van der Waals surface area contributed by atoms with Gasteiger partial charge >= 0.3 is 7.99 Å². The van der Waals surface area contributed by atoms with Crippen LogP contribution in [0.4, 0.5) is 8.39 Å². The molecule has 0 aliphatic carbocycles. The Morgan fingerprint density at radius 1 is 1.60 bits per heavy atom. The molecule has 0 saturated carbocycles. The Kier molecular flexibility index (Phi) is 2.59.